The Labute approximate surface area is 80.2 Å². The second-order valence-corrected chi connectivity index (χ2v) is 2.93. The topological polar surface area (TPSA) is 91.9 Å². The monoisotopic (exact) mass is 197 g/mol. The van der Waals surface area contributed by atoms with Crippen LogP contribution in [-0.2, 0) is 4.74 Å². The van der Waals surface area contributed by atoms with Gasteiger partial charge in [-0.1, -0.05) is 0 Å². The van der Waals surface area contributed by atoms with Gasteiger partial charge < -0.3 is 10.1 Å². The largest absolute Gasteiger partial charge is 0.358 e. The van der Waals surface area contributed by atoms with E-state index < -0.39 is 0 Å². The first-order valence-corrected chi connectivity index (χ1v) is 4.39. The van der Waals surface area contributed by atoms with Crippen molar-refractivity contribution >= 4 is 12.0 Å². The first kappa shape index (κ1) is 8.95. The minimum Gasteiger partial charge on any atom is -0.358 e. The van der Waals surface area contributed by atoms with Crippen LogP contribution in [-0.4, -0.2) is 34.0 Å². The molecule has 1 saturated heterocycles. The molecule has 1 aliphatic rings. The lowest BCUT2D eigenvalue weighted by molar-refractivity contribution is 0.0928. The molecule has 1 aromatic heterocycles. The lowest BCUT2D eigenvalue weighted by atomic mass is 10.3. The summed E-state index contributed by atoms with van der Waals surface area (Å²) in [5.41, 5.74) is 0. The smallest absolute Gasteiger partial charge is 0.323 e. The maximum absolute atomic E-state index is 11.3. The Morgan fingerprint density at radius 1 is 1.71 bits per heavy atom. The number of aromatic nitrogens is 3. The summed E-state index contributed by atoms with van der Waals surface area (Å²) >= 11 is 0. The average Bonchev–Trinajstić information content (AvgIpc) is 2.76. The van der Waals surface area contributed by atoms with Crippen molar-refractivity contribution in [1.29, 1.82) is 0 Å². The number of amides is 2. The number of hydrogen-bond donors (Lipinski definition) is 3. The molecule has 2 rings (SSSR count). The molecule has 1 aliphatic heterocycles. The van der Waals surface area contributed by atoms with E-state index in [1.807, 2.05) is 0 Å². The molecule has 0 radical (unpaired) electrons. The number of urea groups is 1. The summed E-state index contributed by atoms with van der Waals surface area (Å²) < 4.78 is 5.22. The van der Waals surface area contributed by atoms with Crippen LogP contribution in [0.3, 0.4) is 0 Å². The molecule has 3 N–H and O–H groups in total. The molecule has 1 atom stereocenters. The van der Waals surface area contributed by atoms with Gasteiger partial charge in [0.1, 0.15) is 12.6 Å². The normalized spacial score (nSPS) is 20.7. The highest BCUT2D eigenvalue weighted by molar-refractivity contribution is 5.87. The molecule has 1 aromatic rings. The van der Waals surface area contributed by atoms with Gasteiger partial charge in [-0.15, -0.1) is 0 Å². The molecular weight excluding hydrogens is 186 g/mol. The molecule has 0 saturated carbocycles. The molecule has 1 fully saturated rings. The number of carbonyl (C=O) groups is 1. The third kappa shape index (κ3) is 2.19. The number of hydrogen-bond acceptors (Lipinski definition) is 4. The number of nitrogens with zero attached hydrogens (tertiary/aromatic N) is 2. The van der Waals surface area contributed by atoms with Crippen molar-refractivity contribution in [3.05, 3.63) is 6.33 Å². The molecule has 0 aliphatic carbocycles. The van der Waals surface area contributed by atoms with Gasteiger partial charge in [0, 0.05) is 6.61 Å². The predicted octanol–water partition coefficient (Wildman–Crippen LogP) is 0.0627. The molecule has 0 aromatic carbocycles. The molecule has 7 nitrogen and oxygen atoms in total. The summed E-state index contributed by atoms with van der Waals surface area (Å²) in [4.78, 5) is 15.0. The molecule has 7 heteroatoms. The second-order valence-electron chi connectivity index (χ2n) is 2.93. The Kier molecular flexibility index (Phi) is 2.59. The van der Waals surface area contributed by atoms with E-state index in [0.29, 0.717) is 12.6 Å². The van der Waals surface area contributed by atoms with Crippen LogP contribution < -0.4 is 10.6 Å². The van der Waals surface area contributed by atoms with Crippen LogP contribution in [0.1, 0.15) is 12.8 Å². The summed E-state index contributed by atoms with van der Waals surface area (Å²) in [6.07, 6.45) is 2.97. The van der Waals surface area contributed by atoms with Gasteiger partial charge in [0.15, 0.2) is 0 Å². The number of ether oxygens (including phenoxy) is 1. The highest BCUT2D eigenvalue weighted by atomic mass is 16.5. The van der Waals surface area contributed by atoms with E-state index >= 15 is 0 Å². The van der Waals surface area contributed by atoms with Crippen LogP contribution in [0.5, 0.6) is 0 Å². The number of aromatic amines is 1. The molecule has 1 unspecified atom stereocenters. The Morgan fingerprint density at radius 2 is 2.64 bits per heavy atom. The summed E-state index contributed by atoms with van der Waals surface area (Å²) in [5.74, 6) is 0.320. The van der Waals surface area contributed by atoms with Crippen LogP contribution in [0.25, 0.3) is 0 Å². The van der Waals surface area contributed by atoms with E-state index in [2.05, 4.69) is 25.8 Å². The Bertz CT molecular complexity index is 293. The minimum absolute atomic E-state index is 0.182. The van der Waals surface area contributed by atoms with E-state index in [1.54, 1.807) is 0 Å². The Hall–Kier alpha value is -1.63. The van der Waals surface area contributed by atoms with Crippen LogP contribution >= 0.6 is 0 Å². The summed E-state index contributed by atoms with van der Waals surface area (Å²) in [5, 5.41) is 11.3. The average molecular weight is 197 g/mol. The third-order valence-corrected chi connectivity index (χ3v) is 1.87. The van der Waals surface area contributed by atoms with Crippen LogP contribution in [0.15, 0.2) is 6.33 Å². The van der Waals surface area contributed by atoms with E-state index in [0.717, 1.165) is 12.8 Å². The molecule has 0 spiro atoms. The highest BCUT2D eigenvalue weighted by Crippen LogP contribution is 2.08. The van der Waals surface area contributed by atoms with Crippen molar-refractivity contribution < 1.29 is 9.53 Å². The van der Waals surface area contributed by atoms with Gasteiger partial charge in [-0.3, -0.25) is 5.32 Å². The first-order chi connectivity index (χ1) is 6.84. The lowest BCUT2D eigenvalue weighted by Crippen LogP contribution is -2.37. The molecule has 76 valence electrons. The van der Waals surface area contributed by atoms with Crippen molar-refractivity contribution in [2.75, 3.05) is 11.9 Å². The minimum atomic E-state index is -0.339. The zero-order valence-corrected chi connectivity index (χ0v) is 7.49. The molecular formula is C7H11N5O2. The van der Waals surface area contributed by atoms with Crippen LogP contribution in [0, 0.1) is 0 Å². The Morgan fingerprint density at radius 3 is 3.29 bits per heavy atom. The van der Waals surface area contributed by atoms with E-state index in [1.165, 1.54) is 6.33 Å². The van der Waals surface area contributed by atoms with Gasteiger partial charge in [0.05, 0.1) is 0 Å². The highest BCUT2D eigenvalue weighted by Gasteiger charge is 2.17. The van der Waals surface area contributed by atoms with Gasteiger partial charge in [-0.05, 0) is 12.8 Å². The summed E-state index contributed by atoms with van der Waals surface area (Å²) in [7, 11) is 0. The lowest BCUT2D eigenvalue weighted by Gasteiger charge is -2.11. The summed E-state index contributed by atoms with van der Waals surface area (Å²) in [6.45, 7) is 0.702. The molecule has 14 heavy (non-hydrogen) atoms. The van der Waals surface area contributed by atoms with Crippen LogP contribution in [0.2, 0.25) is 0 Å². The van der Waals surface area contributed by atoms with Gasteiger partial charge >= 0.3 is 6.03 Å². The maximum atomic E-state index is 11.3. The standard InChI is InChI=1S/C7H11N5O2/c13-7(10-5-2-1-3-14-5)11-6-8-4-9-12-6/h4-5H,1-3H2,(H3,8,9,10,11,12,13). The quantitative estimate of drug-likeness (QED) is 0.625. The van der Waals surface area contributed by atoms with E-state index in [4.69, 9.17) is 4.74 Å². The fourth-order valence-electron chi connectivity index (χ4n) is 1.25. The SMILES string of the molecule is O=C(Nc1ncn[nH]1)NC1CCCO1. The number of nitrogens with one attached hydrogen (secondary N) is 3. The Balaban J connectivity index is 1.78. The van der Waals surface area contributed by atoms with Gasteiger partial charge in [-0.25, -0.2) is 9.89 Å². The predicted molar refractivity (Wildman–Crippen MR) is 47.5 cm³/mol. The van der Waals surface area contributed by atoms with Crippen molar-refractivity contribution in [1.82, 2.24) is 20.5 Å². The zero-order chi connectivity index (χ0) is 9.80. The summed E-state index contributed by atoms with van der Waals surface area (Å²) in [6, 6.07) is -0.339. The van der Waals surface area contributed by atoms with Gasteiger partial charge in [0.25, 0.3) is 0 Å². The van der Waals surface area contributed by atoms with Crippen molar-refractivity contribution in [3.8, 4) is 0 Å². The number of H-pyrrole nitrogens is 1. The molecule has 0 bridgehead atoms. The fourth-order valence-corrected chi connectivity index (χ4v) is 1.25. The number of rotatable bonds is 2. The second kappa shape index (κ2) is 4.05. The molecule has 2 heterocycles. The van der Waals surface area contributed by atoms with Crippen molar-refractivity contribution in [2.24, 2.45) is 0 Å². The van der Waals surface area contributed by atoms with Gasteiger partial charge in [0.2, 0.25) is 5.95 Å². The third-order valence-electron chi connectivity index (χ3n) is 1.87. The number of carbonyl (C=O) groups excluding carboxylic acids is 1. The van der Waals surface area contributed by atoms with E-state index in [-0.39, 0.29) is 12.3 Å². The van der Waals surface area contributed by atoms with Crippen LogP contribution in [0.4, 0.5) is 10.7 Å². The maximum Gasteiger partial charge on any atom is 0.323 e. The van der Waals surface area contributed by atoms with Crippen molar-refractivity contribution in [3.63, 3.8) is 0 Å². The fraction of sp³-hybridized carbons (Fsp3) is 0.571. The number of anilines is 1. The van der Waals surface area contributed by atoms with Gasteiger partial charge in [-0.2, -0.15) is 10.1 Å². The van der Waals surface area contributed by atoms with Crippen molar-refractivity contribution in [2.45, 2.75) is 19.1 Å². The van der Waals surface area contributed by atoms with E-state index in [9.17, 15) is 4.79 Å². The zero-order valence-electron chi connectivity index (χ0n) is 7.49. The molecule has 2 amide bonds. The first-order valence-electron chi connectivity index (χ1n) is 4.39.